The predicted molar refractivity (Wildman–Crippen MR) is 117 cm³/mol. The molecule has 0 saturated heterocycles. The number of aliphatic imine (C=N–C) groups is 1. The van der Waals surface area contributed by atoms with E-state index < -0.39 is 7.92 Å². The molecule has 1 heterocycles. The van der Waals surface area contributed by atoms with Crippen molar-refractivity contribution < 1.29 is 4.74 Å². The molecule has 27 heavy (non-hydrogen) atoms. The van der Waals surface area contributed by atoms with Crippen LogP contribution in [-0.2, 0) is 4.74 Å². The molecule has 0 fully saturated rings. The van der Waals surface area contributed by atoms with Crippen molar-refractivity contribution in [2.24, 2.45) is 4.99 Å². The third-order valence-corrected chi connectivity index (χ3v) is 7.73. The number of benzene rings is 3. The number of rotatable bonds is 4. The summed E-state index contributed by atoms with van der Waals surface area (Å²) in [5.41, 5.74) is 3.77. The zero-order valence-corrected chi connectivity index (χ0v) is 16.9. The van der Waals surface area contributed by atoms with Crippen molar-refractivity contribution in [2.75, 3.05) is 6.61 Å². The molecule has 0 radical (unpaired) electrons. The van der Waals surface area contributed by atoms with Gasteiger partial charge in [-0.1, -0.05) is 66.7 Å². The van der Waals surface area contributed by atoms with Gasteiger partial charge in [-0.05, 0) is 61.8 Å². The first-order chi connectivity index (χ1) is 13.1. The summed E-state index contributed by atoms with van der Waals surface area (Å²) in [5.74, 6) is 0.785. The second-order valence-corrected chi connectivity index (χ2v) is 9.14. The van der Waals surface area contributed by atoms with Gasteiger partial charge >= 0.3 is 0 Å². The number of aryl methyl sites for hydroxylation is 2. The van der Waals surface area contributed by atoms with E-state index in [9.17, 15) is 0 Å². The summed E-state index contributed by atoms with van der Waals surface area (Å²) >= 11 is 0. The maximum atomic E-state index is 5.93. The minimum atomic E-state index is -0.700. The first-order valence-corrected chi connectivity index (χ1v) is 10.7. The van der Waals surface area contributed by atoms with Gasteiger partial charge in [0, 0.05) is 5.56 Å². The van der Waals surface area contributed by atoms with Crippen LogP contribution in [0, 0.1) is 13.8 Å². The molecule has 4 rings (SSSR count). The lowest BCUT2D eigenvalue weighted by molar-refractivity contribution is 0.324. The van der Waals surface area contributed by atoms with Crippen LogP contribution in [0.1, 0.15) is 23.6 Å². The SMILES string of the molecule is Cc1ccccc1P(c1ccccc1C)c1ccccc1C1=N[C@@H](C)CO1. The van der Waals surface area contributed by atoms with Gasteiger partial charge in [0.05, 0.1) is 6.04 Å². The second-order valence-electron chi connectivity index (χ2n) is 7.02. The highest BCUT2D eigenvalue weighted by atomic mass is 31.1. The van der Waals surface area contributed by atoms with Gasteiger partial charge in [0.25, 0.3) is 0 Å². The van der Waals surface area contributed by atoms with Gasteiger partial charge in [0.2, 0.25) is 5.90 Å². The minimum Gasteiger partial charge on any atom is -0.475 e. The molecule has 0 saturated carbocycles. The summed E-state index contributed by atoms with van der Waals surface area (Å²) in [6.07, 6.45) is 0. The molecule has 0 aliphatic carbocycles. The van der Waals surface area contributed by atoms with E-state index in [2.05, 4.69) is 93.6 Å². The van der Waals surface area contributed by atoms with Crippen molar-refractivity contribution in [3.63, 3.8) is 0 Å². The summed E-state index contributed by atoms with van der Waals surface area (Å²) in [4.78, 5) is 4.74. The van der Waals surface area contributed by atoms with E-state index in [1.807, 2.05) is 0 Å². The van der Waals surface area contributed by atoms with Crippen LogP contribution < -0.4 is 15.9 Å². The third kappa shape index (κ3) is 3.55. The molecule has 1 aliphatic rings. The zero-order valence-electron chi connectivity index (χ0n) is 16.0. The molecule has 1 aliphatic heterocycles. The van der Waals surface area contributed by atoms with Crippen LogP contribution in [-0.4, -0.2) is 18.5 Å². The smallest absolute Gasteiger partial charge is 0.217 e. The van der Waals surface area contributed by atoms with Crippen molar-refractivity contribution in [2.45, 2.75) is 26.8 Å². The lowest BCUT2D eigenvalue weighted by Gasteiger charge is -2.25. The molecule has 2 nitrogen and oxygen atoms in total. The molecule has 0 bridgehead atoms. The Morgan fingerprint density at radius 3 is 1.81 bits per heavy atom. The zero-order chi connectivity index (χ0) is 18.8. The molecule has 0 aromatic heterocycles. The molecule has 0 amide bonds. The Morgan fingerprint density at radius 2 is 1.30 bits per heavy atom. The van der Waals surface area contributed by atoms with Crippen LogP contribution in [0.25, 0.3) is 0 Å². The summed E-state index contributed by atoms with van der Waals surface area (Å²) in [6.45, 7) is 7.17. The Labute approximate surface area is 162 Å². The Hall–Kier alpha value is -2.44. The number of hydrogen-bond acceptors (Lipinski definition) is 2. The Kier molecular flexibility index (Phi) is 5.09. The highest BCUT2D eigenvalue weighted by molar-refractivity contribution is 7.80. The first-order valence-electron chi connectivity index (χ1n) is 9.36. The van der Waals surface area contributed by atoms with Gasteiger partial charge < -0.3 is 4.74 Å². The van der Waals surface area contributed by atoms with E-state index in [4.69, 9.17) is 9.73 Å². The molecular formula is C24H24NOP. The summed E-state index contributed by atoms with van der Waals surface area (Å²) in [7, 11) is -0.700. The lowest BCUT2D eigenvalue weighted by Crippen LogP contribution is -2.27. The van der Waals surface area contributed by atoms with E-state index in [-0.39, 0.29) is 6.04 Å². The molecule has 3 heteroatoms. The number of hydrogen-bond donors (Lipinski definition) is 0. The summed E-state index contributed by atoms with van der Waals surface area (Å²) in [6, 6.07) is 26.3. The molecule has 0 N–H and O–H groups in total. The third-order valence-electron chi connectivity index (χ3n) is 4.89. The quantitative estimate of drug-likeness (QED) is 0.628. The lowest BCUT2D eigenvalue weighted by atomic mass is 10.2. The van der Waals surface area contributed by atoms with Gasteiger partial charge in [-0.3, -0.25) is 0 Å². The first kappa shape index (κ1) is 17.9. The van der Waals surface area contributed by atoms with E-state index in [0.29, 0.717) is 6.61 Å². The number of ether oxygens (including phenoxy) is 1. The van der Waals surface area contributed by atoms with Crippen molar-refractivity contribution in [1.29, 1.82) is 0 Å². The average molecular weight is 373 g/mol. The minimum absolute atomic E-state index is 0.219. The fraction of sp³-hybridized carbons (Fsp3) is 0.208. The fourth-order valence-corrected chi connectivity index (χ4v) is 6.24. The molecule has 0 unspecified atom stereocenters. The van der Waals surface area contributed by atoms with Gasteiger partial charge in [0.15, 0.2) is 0 Å². The van der Waals surface area contributed by atoms with Crippen LogP contribution in [0.4, 0.5) is 0 Å². The van der Waals surface area contributed by atoms with E-state index >= 15 is 0 Å². The fourth-order valence-electron chi connectivity index (χ4n) is 3.49. The number of nitrogens with zero attached hydrogens (tertiary/aromatic N) is 1. The monoisotopic (exact) mass is 373 g/mol. The normalized spacial score (nSPS) is 16.3. The van der Waals surface area contributed by atoms with Crippen molar-refractivity contribution >= 4 is 29.7 Å². The average Bonchev–Trinajstić information content (AvgIpc) is 3.11. The summed E-state index contributed by atoms with van der Waals surface area (Å²) in [5, 5.41) is 4.09. The van der Waals surface area contributed by atoms with Crippen LogP contribution in [0.15, 0.2) is 77.8 Å². The van der Waals surface area contributed by atoms with Gasteiger partial charge in [-0.2, -0.15) is 0 Å². The molecular weight excluding hydrogens is 349 g/mol. The highest BCUT2D eigenvalue weighted by Gasteiger charge is 2.26. The molecule has 1 atom stereocenters. The molecule has 3 aromatic carbocycles. The van der Waals surface area contributed by atoms with Gasteiger partial charge in [0.1, 0.15) is 6.61 Å². The van der Waals surface area contributed by atoms with Crippen molar-refractivity contribution in [3.8, 4) is 0 Å². The summed E-state index contributed by atoms with van der Waals surface area (Å²) < 4.78 is 5.93. The molecule has 0 spiro atoms. The van der Waals surface area contributed by atoms with Gasteiger partial charge in [-0.15, -0.1) is 0 Å². The highest BCUT2D eigenvalue weighted by Crippen LogP contribution is 2.37. The van der Waals surface area contributed by atoms with Crippen LogP contribution in [0.3, 0.4) is 0 Å². The maximum Gasteiger partial charge on any atom is 0.217 e. The largest absolute Gasteiger partial charge is 0.475 e. The predicted octanol–water partition coefficient (Wildman–Crippen LogP) is 4.23. The Bertz CT molecular complexity index is 949. The van der Waals surface area contributed by atoms with Crippen molar-refractivity contribution in [1.82, 2.24) is 0 Å². The second kappa shape index (κ2) is 7.66. The van der Waals surface area contributed by atoms with Crippen LogP contribution in [0.2, 0.25) is 0 Å². The van der Waals surface area contributed by atoms with E-state index in [0.717, 1.165) is 11.5 Å². The van der Waals surface area contributed by atoms with Crippen molar-refractivity contribution in [3.05, 3.63) is 89.5 Å². The van der Waals surface area contributed by atoms with Gasteiger partial charge in [-0.25, -0.2) is 4.99 Å². The Morgan fingerprint density at radius 1 is 0.778 bits per heavy atom. The topological polar surface area (TPSA) is 21.6 Å². The standard InChI is InChI=1S/C24H24NOP/c1-17-10-4-7-13-21(17)27(22-14-8-5-11-18(22)2)23-15-9-6-12-20(23)24-25-19(3)16-26-24/h4-15,19H,16H2,1-3H3/t19-/m0/s1. The van der Waals surface area contributed by atoms with Crippen LogP contribution in [0.5, 0.6) is 0 Å². The maximum absolute atomic E-state index is 5.93. The van der Waals surface area contributed by atoms with E-state index in [1.165, 1.54) is 27.0 Å². The Balaban J connectivity index is 1.95. The van der Waals surface area contributed by atoms with Crippen LogP contribution >= 0.6 is 7.92 Å². The molecule has 3 aromatic rings. The van der Waals surface area contributed by atoms with E-state index in [1.54, 1.807) is 0 Å². The molecule has 136 valence electrons.